The van der Waals surface area contributed by atoms with E-state index in [-0.39, 0.29) is 0 Å². The number of fused-ring (bicyclic) bond motifs is 5. The number of hydrogen-bond donors (Lipinski definition) is 0. The van der Waals surface area contributed by atoms with Crippen molar-refractivity contribution in [3.63, 3.8) is 0 Å². The summed E-state index contributed by atoms with van der Waals surface area (Å²) in [5.74, 6) is 0. The van der Waals surface area contributed by atoms with Crippen molar-refractivity contribution in [3.05, 3.63) is 200 Å². The molecule has 0 heterocycles. The lowest BCUT2D eigenvalue weighted by Crippen LogP contribution is -2.10. The average Bonchev–Trinajstić information content (AvgIpc) is 3.20. The molecule has 238 valence electrons. The van der Waals surface area contributed by atoms with Crippen molar-refractivity contribution in [1.82, 2.24) is 0 Å². The first-order chi connectivity index (χ1) is 25.3. The Morgan fingerprint density at radius 3 is 1.24 bits per heavy atom. The fraction of sp³-hybridized carbons (Fsp3) is 0. The minimum atomic E-state index is 1.12. The third kappa shape index (κ3) is 5.02. The van der Waals surface area contributed by atoms with Crippen LogP contribution < -0.4 is 4.90 Å². The largest absolute Gasteiger partial charge is 0.310 e. The van der Waals surface area contributed by atoms with E-state index in [0.717, 1.165) is 17.1 Å². The Morgan fingerprint density at radius 1 is 0.235 bits per heavy atom. The Balaban J connectivity index is 1.30. The minimum Gasteiger partial charge on any atom is -0.310 e. The molecule has 1 heteroatoms. The first kappa shape index (κ1) is 29.2. The van der Waals surface area contributed by atoms with Crippen LogP contribution in [0.1, 0.15) is 0 Å². The van der Waals surface area contributed by atoms with Gasteiger partial charge in [0.25, 0.3) is 0 Å². The van der Waals surface area contributed by atoms with Crippen LogP contribution in [0.15, 0.2) is 200 Å². The number of para-hydroxylation sites is 1. The second-order valence-electron chi connectivity index (χ2n) is 13.4. The van der Waals surface area contributed by atoms with Crippen molar-refractivity contribution in [1.29, 1.82) is 0 Å². The van der Waals surface area contributed by atoms with E-state index in [0.29, 0.717) is 0 Å². The molecule has 0 fully saturated rings. The number of hydrogen-bond acceptors (Lipinski definition) is 1. The molecular weight excluding hydrogens is 615 g/mol. The smallest absolute Gasteiger partial charge is 0.0468 e. The van der Waals surface area contributed by atoms with Crippen molar-refractivity contribution >= 4 is 70.9 Å². The van der Waals surface area contributed by atoms with Crippen molar-refractivity contribution < 1.29 is 0 Å². The number of nitrogens with zero attached hydrogens (tertiary/aromatic N) is 1. The van der Waals surface area contributed by atoms with Crippen LogP contribution in [-0.2, 0) is 0 Å². The van der Waals surface area contributed by atoms with Crippen LogP contribution in [0.2, 0.25) is 0 Å². The molecule has 0 aliphatic heterocycles. The van der Waals surface area contributed by atoms with E-state index in [2.05, 4.69) is 205 Å². The summed E-state index contributed by atoms with van der Waals surface area (Å²) in [5, 5.41) is 12.4. The van der Waals surface area contributed by atoms with E-state index in [1.165, 1.54) is 76.1 Å². The van der Waals surface area contributed by atoms with E-state index >= 15 is 0 Å². The van der Waals surface area contributed by atoms with Gasteiger partial charge in [-0.15, -0.1) is 0 Å². The summed E-state index contributed by atoms with van der Waals surface area (Å²) in [6.07, 6.45) is 0. The highest BCUT2D eigenvalue weighted by Gasteiger charge is 2.20. The van der Waals surface area contributed by atoms with Crippen LogP contribution >= 0.6 is 0 Å². The van der Waals surface area contributed by atoms with E-state index in [9.17, 15) is 0 Å². The van der Waals surface area contributed by atoms with Gasteiger partial charge in [0.2, 0.25) is 0 Å². The van der Waals surface area contributed by atoms with E-state index < -0.39 is 0 Å². The summed E-state index contributed by atoms with van der Waals surface area (Å²) in [4.78, 5) is 2.39. The van der Waals surface area contributed by atoms with Crippen LogP contribution in [0, 0.1) is 0 Å². The molecule has 0 unspecified atom stereocenters. The quantitative estimate of drug-likeness (QED) is 0.168. The second kappa shape index (κ2) is 12.0. The van der Waals surface area contributed by atoms with Crippen molar-refractivity contribution in [2.24, 2.45) is 0 Å². The molecule has 0 amide bonds. The number of benzene rings is 10. The molecule has 0 N–H and O–H groups in total. The van der Waals surface area contributed by atoms with Gasteiger partial charge < -0.3 is 4.90 Å². The van der Waals surface area contributed by atoms with Crippen molar-refractivity contribution in [2.45, 2.75) is 0 Å². The lowest BCUT2D eigenvalue weighted by molar-refractivity contribution is 1.29. The third-order valence-electron chi connectivity index (χ3n) is 10.3. The van der Waals surface area contributed by atoms with Gasteiger partial charge in [0, 0.05) is 17.1 Å². The molecule has 10 rings (SSSR count). The summed E-state index contributed by atoms with van der Waals surface area (Å²) in [6.45, 7) is 0. The van der Waals surface area contributed by atoms with Gasteiger partial charge in [-0.1, -0.05) is 152 Å². The Hall–Kier alpha value is -6.70. The van der Waals surface area contributed by atoms with Gasteiger partial charge in [-0.3, -0.25) is 0 Å². The van der Waals surface area contributed by atoms with Gasteiger partial charge in [-0.2, -0.15) is 0 Å². The van der Waals surface area contributed by atoms with Gasteiger partial charge >= 0.3 is 0 Å². The van der Waals surface area contributed by atoms with Crippen LogP contribution in [0.4, 0.5) is 17.1 Å². The predicted octanol–water partition coefficient (Wildman–Crippen LogP) is 14.3. The monoisotopic (exact) mass is 647 g/mol. The molecule has 0 spiro atoms. The van der Waals surface area contributed by atoms with Gasteiger partial charge in [0.15, 0.2) is 0 Å². The summed E-state index contributed by atoms with van der Waals surface area (Å²) in [5.41, 5.74) is 8.32. The Kier molecular flexibility index (Phi) is 6.89. The SMILES string of the molecule is c1ccc(N(c2ccc3ccccc3c2)c2ccc3c(-c4ccc5ccccc5c4)c4ccccc4c(-c4ccc5ccccc5c4)c3c2)cc1. The number of rotatable bonds is 5. The zero-order valence-corrected chi connectivity index (χ0v) is 28.0. The Bertz CT molecular complexity index is 2920. The molecule has 0 saturated carbocycles. The van der Waals surface area contributed by atoms with Crippen LogP contribution in [0.3, 0.4) is 0 Å². The zero-order valence-electron chi connectivity index (χ0n) is 28.0. The molecule has 0 aromatic heterocycles. The fourth-order valence-corrected chi connectivity index (χ4v) is 7.96. The highest BCUT2D eigenvalue weighted by atomic mass is 15.1. The van der Waals surface area contributed by atoms with E-state index in [1.807, 2.05) is 0 Å². The third-order valence-corrected chi connectivity index (χ3v) is 10.3. The first-order valence-electron chi connectivity index (χ1n) is 17.6. The Morgan fingerprint density at radius 2 is 0.647 bits per heavy atom. The molecule has 10 aromatic carbocycles. The zero-order chi connectivity index (χ0) is 33.7. The fourth-order valence-electron chi connectivity index (χ4n) is 7.96. The maximum Gasteiger partial charge on any atom is 0.0468 e. The number of anilines is 3. The standard InChI is InChI=1S/C50H33N/c1-2-18-42(19-3-1)51(43-27-26-36-14-6-9-17-39(36)32-43)44-28-29-47-48(33-44)50(41-25-23-35-13-5-8-16-38(35)31-41)46-21-11-10-20-45(46)49(47)40-24-22-34-12-4-7-15-37(34)30-40/h1-33H. The molecule has 0 atom stereocenters. The maximum absolute atomic E-state index is 2.42. The van der Waals surface area contributed by atoms with Gasteiger partial charge in [-0.05, 0) is 125 Å². The highest BCUT2D eigenvalue weighted by molar-refractivity contribution is 6.22. The Labute approximate surface area is 297 Å². The summed E-state index contributed by atoms with van der Waals surface area (Å²) < 4.78 is 0. The summed E-state index contributed by atoms with van der Waals surface area (Å²) in [7, 11) is 0. The second-order valence-corrected chi connectivity index (χ2v) is 13.4. The highest BCUT2D eigenvalue weighted by Crippen LogP contribution is 2.47. The predicted molar refractivity (Wildman–Crippen MR) is 220 cm³/mol. The van der Waals surface area contributed by atoms with Gasteiger partial charge in [0.1, 0.15) is 0 Å². The molecule has 10 aromatic rings. The van der Waals surface area contributed by atoms with Gasteiger partial charge in [0.05, 0.1) is 0 Å². The topological polar surface area (TPSA) is 3.24 Å². The molecule has 0 bridgehead atoms. The molecule has 0 aliphatic rings. The maximum atomic E-state index is 2.42. The summed E-state index contributed by atoms with van der Waals surface area (Å²) >= 11 is 0. The molecule has 1 nitrogen and oxygen atoms in total. The first-order valence-corrected chi connectivity index (χ1v) is 17.6. The van der Waals surface area contributed by atoms with Crippen LogP contribution in [0.25, 0.3) is 76.1 Å². The van der Waals surface area contributed by atoms with E-state index in [1.54, 1.807) is 0 Å². The lowest BCUT2D eigenvalue weighted by Gasteiger charge is -2.27. The van der Waals surface area contributed by atoms with Gasteiger partial charge in [-0.25, -0.2) is 0 Å². The van der Waals surface area contributed by atoms with Crippen molar-refractivity contribution in [3.8, 4) is 22.3 Å². The summed E-state index contributed by atoms with van der Waals surface area (Å²) in [6, 6.07) is 73.2. The van der Waals surface area contributed by atoms with Crippen molar-refractivity contribution in [2.75, 3.05) is 4.90 Å². The minimum absolute atomic E-state index is 1.12. The molecule has 0 saturated heterocycles. The van der Waals surface area contributed by atoms with E-state index in [4.69, 9.17) is 0 Å². The average molecular weight is 648 g/mol. The lowest BCUT2D eigenvalue weighted by atomic mass is 9.85. The normalized spacial score (nSPS) is 11.5. The molecular formula is C50H33N. The van der Waals surface area contributed by atoms with Crippen LogP contribution in [0.5, 0.6) is 0 Å². The molecule has 0 radical (unpaired) electrons. The molecule has 51 heavy (non-hydrogen) atoms. The molecule has 0 aliphatic carbocycles. The van der Waals surface area contributed by atoms with Crippen LogP contribution in [-0.4, -0.2) is 0 Å².